The van der Waals surface area contributed by atoms with Crippen LogP contribution in [0.5, 0.6) is 0 Å². The molecule has 1 aliphatic carbocycles. The van der Waals surface area contributed by atoms with Crippen molar-refractivity contribution in [3.05, 3.63) is 77.9 Å². The summed E-state index contributed by atoms with van der Waals surface area (Å²) in [5, 5.41) is 23.3. The van der Waals surface area contributed by atoms with Gasteiger partial charge in [-0.2, -0.15) is 0 Å². The second kappa shape index (κ2) is 10.8. The number of amides is 2. The van der Waals surface area contributed by atoms with Crippen molar-refractivity contribution in [1.82, 2.24) is 20.6 Å². The number of nitrogens with zero attached hydrogens (tertiary/aromatic N) is 1. The third-order valence-electron chi connectivity index (χ3n) is 5.96. The van der Waals surface area contributed by atoms with Crippen LogP contribution in [0.2, 0.25) is 0 Å². The molecular weight excluding hydrogens is 452 g/mol. The summed E-state index contributed by atoms with van der Waals surface area (Å²) in [5.74, 6) is -2.14. The number of carboxylic acid groups (broad SMARTS) is 1. The van der Waals surface area contributed by atoms with Gasteiger partial charge in [-0.05, 0) is 22.3 Å². The zero-order valence-electron chi connectivity index (χ0n) is 18.8. The number of H-pyrrole nitrogens is 1. The standard InChI is InChI=1S/C25H26N4O6/c30-10-9-21(24(32)33)28-23(31)22(11-15-12-26-14-27-15)29-25(34)35-13-20-18-7-3-1-5-16(18)17-6-2-4-8-19(17)20/h1-8,12,14,20-22,30H,9-11,13H2,(H,26,27)(H,28,31)(H,29,34)(H,32,33). The summed E-state index contributed by atoms with van der Waals surface area (Å²) in [6, 6.07) is 13.5. The molecule has 1 aliphatic rings. The number of fused-ring (bicyclic) bond motifs is 3. The first kappa shape index (κ1) is 24.0. The molecule has 10 nitrogen and oxygen atoms in total. The van der Waals surface area contributed by atoms with E-state index in [1.54, 1.807) is 0 Å². The lowest BCUT2D eigenvalue weighted by atomic mass is 9.98. The van der Waals surface area contributed by atoms with Crippen molar-refractivity contribution in [2.75, 3.05) is 13.2 Å². The summed E-state index contributed by atoms with van der Waals surface area (Å²) >= 11 is 0. The van der Waals surface area contributed by atoms with Crippen LogP contribution in [-0.4, -0.2) is 63.4 Å². The Labute approximate surface area is 201 Å². The van der Waals surface area contributed by atoms with Gasteiger partial charge in [0, 0.05) is 37.3 Å². The minimum atomic E-state index is -1.29. The number of ether oxygens (including phenoxy) is 1. The molecule has 2 amide bonds. The van der Waals surface area contributed by atoms with E-state index in [4.69, 9.17) is 9.84 Å². The Hall–Kier alpha value is -4.18. The fourth-order valence-corrected chi connectivity index (χ4v) is 4.27. The molecule has 3 aromatic rings. The topological polar surface area (TPSA) is 154 Å². The van der Waals surface area contributed by atoms with E-state index in [0.29, 0.717) is 5.69 Å². The molecule has 0 fully saturated rings. The molecule has 1 aromatic heterocycles. The summed E-state index contributed by atoms with van der Waals surface area (Å²) in [6.45, 7) is -0.344. The highest BCUT2D eigenvalue weighted by Crippen LogP contribution is 2.44. The maximum atomic E-state index is 12.8. The van der Waals surface area contributed by atoms with Crippen molar-refractivity contribution < 1.29 is 29.3 Å². The summed E-state index contributed by atoms with van der Waals surface area (Å²) in [7, 11) is 0. The number of aliphatic carboxylic acids is 1. The highest BCUT2D eigenvalue weighted by Gasteiger charge is 2.31. The lowest BCUT2D eigenvalue weighted by Crippen LogP contribution is -2.52. The highest BCUT2D eigenvalue weighted by molar-refractivity contribution is 5.89. The molecule has 5 N–H and O–H groups in total. The zero-order valence-corrected chi connectivity index (χ0v) is 18.8. The number of nitrogens with one attached hydrogen (secondary N) is 3. The molecule has 2 aromatic carbocycles. The molecule has 0 aliphatic heterocycles. The number of aromatic amines is 1. The lowest BCUT2D eigenvalue weighted by molar-refractivity contribution is -0.142. The number of alkyl carbamates (subject to hydrolysis) is 1. The Balaban J connectivity index is 1.44. The van der Waals surface area contributed by atoms with Crippen LogP contribution in [0.1, 0.15) is 29.2 Å². The Bertz CT molecular complexity index is 1150. The number of carbonyl (C=O) groups is 3. The van der Waals surface area contributed by atoms with Crippen molar-refractivity contribution in [3.8, 4) is 11.1 Å². The monoisotopic (exact) mass is 478 g/mol. The first-order chi connectivity index (χ1) is 17.0. The summed E-state index contributed by atoms with van der Waals surface area (Å²) in [4.78, 5) is 43.7. The number of aromatic nitrogens is 2. The minimum absolute atomic E-state index is 0.0431. The number of hydrogen-bond acceptors (Lipinski definition) is 6. The van der Waals surface area contributed by atoms with Crippen LogP contribution < -0.4 is 10.6 Å². The molecule has 0 radical (unpaired) electrons. The number of aliphatic hydroxyl groups is 1. The molecule has 0 saturated carbocycles. The maximum absolute atomic E-state index is 12.8. The number of rotatable bonds is 10. The number of aliphatic hydroxyl groups excluding tert-OH is 1. The van der Waals surface area contributed by atoms with E-state index < -0.39 is 36.7 Å². The Morgan fingerprint density at radius 1 is 1.00 bits per heavy atom. The van der Waals surface area contributed by atoms with Gasteiger partial charge in [0.25, 0.3) is 0 Å². The van der Waals surface area contributed by atoms with E-state index in [2.05, 4.69) is 20.6 Å². The van der Waals surface area contributed by atoms with Crippen molar-refractivity contribution in [1.29, 1.82) is 0 Å². The summed E-state index contributed by atoms with van der Waals surface area (Å²) in [6.07, 6.45) is 2.01. The van der Waals surface area contributed by atoms with Gasteiger partial charge in [-0.25, -0.2) is 14.6 Å². The van der Waals surface area contributed by atoms with E-state index in [0.717, 1.165) is 22.3 Å². The molecule has 10 heteroatoms. The van der Waals surface area contributed by atoms with Gasteiger partial charge in [-0.15, -0.1) is 0 Å². The normalized spacial score (nSPS) is 13.9. The Morgan fingerprint density at radius 2 is 1.66 bits per heavy atom. The van der Waals surface area contributed by atoms with Gasteiger partial charge < -0.3 is 30.6 Å². The molecule has 0 saturated heterocycles. The van der Waals surface area contributed by atoms with Crippen molar-refractivity contribution in [2.24, 2.45) is 0 Å². The smallest absolute Gasteiger partial charge is 0.407 e. The SMILES string of the molecule is O=C(NC(Cc1cnc[nH]1)C(=O)NC(CCO)C(=O)O)OCC1c2ccccc2-c2ccccc21. The Morgan fingerprint density at radius 3 is 2.23 bits per heavy atom. The van der Waals surface area contributed by atoms with E-state index in [1.807, 2.05) is 48.5 Å². The van der Waals surface area contributed by atoms with Crippen LogP contribution >= 0.6 is 0 Å². The van der Waals surface area contributed by atoms with Gasteiger partial charge in [-0.1, -0.05) is 48.5 Å². The average Bonchev–Trinajstić information content (AvgIpc) is 3.48. The molecule has 35 heavy (non-hydrogen) atoms. The van der Waals surface area contributed by atoms with Crippen LogP contribution in [0.4, 0.5) is 4.79 Å². The van der Waals surface area contributed by atoms with Crippen LogP contribution in [0.25, 0.3) is 11.1 Å². The quantitative estimate of drug-likeness (QED) is 0.298. The van der Waals surface area contributed by atoms with E-state index in [1.165, 1.54) is 12.5 Å². The molecular formula is C25H26N4O6. The second-order valence-electron chi connectivity index (χ2n) is 8.22. The first-order valence-electron chi connectivity index (χ1n) is 11.2. The molecule has 1 heterocycles. The van der Waals surface area contributed by atoms with E-state index in [9.17, 15) is 19.5 Å². The van der Waals surface area contributed by atoms with Crippen LogP contribution in [-0.2, 0) is 20.7 Å². The van der Waals surface area contributed by atoms with Gasteiger partial charge in [0.05, 0.1) is 6.33 Å². The zero-order chi connectivity index (χ0) is 24.8. The van der Waals surface area contributed by atoms with Gasteiger partial charge in [-0.3, -0.25) is 4.79 Å². The third kappa shape index (κ3) is 5.49. The molecule has 2 atom stereocenters. The Kier molecular flexibility index (Phi) is 7.41. The minimum Gasteiger partial charge on any atom is -0.480 e. The van der Waals surface area contributed by atoms with Crippen LogP contribution in [0.3, 0.4) is 0 Å². The van der Waals surface area contributed by atoms with Crippen molar-refractivity contribution in [2.45, 2.75) is 30.8 Å². The van der Waals surface area contributed by atoms with Gasteiger partial charge >= 0.3 is 12.1 Å². The number of carbonyl (C=O) groups excluding carboxylic acids is 2. The van der Waals surface area contributed by atoms with Crippen molar-refractivity contribution in [3.63, 3.8) is 0 Å². The predicted molar refractivity (Wildman–Crippen MR) is 126 cm³/mol. The summed E-state index contributed by atoms with van der Waals surface area (Å²) in [5.41, 5.74) is 4.87. The fraction of sp³-hybridized carbons (Fsp3) is 0.280. The number of carboxylic acids is 1. The number of hydrogen-bond donors (Lipinski definition) is 5. The highest BCUT2D eigenvalue weighted by atomic mass is 16.5. The first-order valence-corrected chi connectivity index (χ1v) is 11.2. The predicted octanol–water partition coefficient (Wildman–Crippen LogP) is 1.81. The molecule has 0 bridgehead atoms. The van der Waals surface area contributed by atoms with E-state index >= 15 is 0 Å². The van der Waals surface area contributed by atoms with Crippen LogP contribution in [0, 0.1) is 0 Å². The molecule has 2 unspecified atom stereocenters. The van der Waals surface area contributed by atoms with Crippen LogP contribution in [0.15, 0.2) is 61.1 Å². The lowest BCUT2D eigenvalue weighted by Gasteiger charge is -2.21. The molecule has 182 valence electrons. The fourth-order valence-electron chi connectivity index (χ4n) is 4.27. The molecule has 4 rings (SSSR count). The number of benzene rings is 2. The largest absolute Gasteiger partial charge is 0.480 e. The third-order valence-corrected chi connectivity index (χ3v) is 5.96. The average molecular weight is 479 g/mol. The molecule has 0 spiro atoms. The second-order valence-corrected chi connectivity index (χ2v) is 8.22. The van der Waals surface area contributed by atoms with Gasteiger partial charge in [0.2, 0.25) is 5.91 Å². The summed E-state index contributed by atoms with van der Waals surface area (Å²) < 4.78 is 5.53. The van der Waals surface area contributed by atoms with Gasteiger partial charge in [0.15, 0.2) is 0 Å². The van der Waals surface area contributed by atoms with E-state index in [-0.39, 0.29) is 25.4 Å². The maximum Gasteiger partial charge on any atom is 0.407 e. The van der Waals surface area contributed by atoms with Gasteiger partial charge in [0.1, 0.15) is 18.7 Å². The van der Waals surface area contributed by atoms with Crippen molar-refractivity contribution >= 4 is 18.0 Å². The number of imidazole rings is 1.